The van der Waals surface area contributed by atoms with E-state index < -0.39 is 17.6 Å². The fourth-order valence-electron chi connectivity index (χ4n) is 2.94. The van der Waals surface area contributed by atoms with Gasteiger partial charge in [0.15, 0.2) is 0 Å². The number of aromatic nitrogens is 1. The van der Waals surface area contributed by atoms with E-state index in [0.717, 1.165) is 24.7 Å². The number of carbonyl (C=O) groups excluding carboxylic acids is 2. The van der Waals surface area contributed by atoms with Gasteiger partial charge in [-0.3, -0.25) is 19.5 Å². The molecule has 0 aliphatic carbocycles. The van der Waals surface area contributed by atoms with Gasteiger partial charge in [0.05, 0.1) is 19.3 Å². The molecule has 1 fully saturated rings. The minimum absolute atomic E-state index is 0.117. The second-order valence-electron chi connectivity index (χ2n) is 6.12. The highest BCUT2D eigenvalue weighted by atomic mass is 19.1. The van der Waals surface area contributed by atoms with E-state index in [9.17, 15) is 14.0 Å². The summed E-state index contributed by atoms with van der Waals surface area (Å²) < 4.78 is 18.6. The van der Waals surface area contributed by atoms with Crippen LogP contribution < -0.4 is 10.6 Å². The van der Waals surface area contributed by atoms with Crippen molar-refractivity contribution in [2.75, 3.05) is 38.2 Å². The first-order chi connectivity index (χ1) is 13.1. The van der Waals surface area contributed by atoms with Crippen LogP contribution in [-0.2, 0) is 14.3 Å². The average Bonchev–Trinajstić information content (AvgIpc) is 2.69. The Morgan fingerprint density at radius 3 is 2.70 bits per heavy atom. The highest BCUT2D eigenvalue weighted by Crippen LogP contribution is 2.20. The minimum Gasteiger partial charge on any atom is -0.379 e. The van der Waals surface area contributed by atoms with Crippen molar-refractivity contribution in [1.82, 2.24) is 15.2 Å². The molecule has 1 aliphatic rings. The lowest BCUT2D eigenvalue weighted by Gasteiger charge is -2.34. The molecule has 0 radical (unpaired) electrons. The molecule has 2 N–H and O–H groups in total. The van der Waals surface area contributed by atoms with Crippen molar-refractivity contribution in [1.29, 1.82) is 0 Å². The molecule has 0 saturated carbocycles. The molecule has 0 bridgehead atoms. The van der Waals surface area contributed by atoms with E-state index in [1.54, 1.807) is 12.4 Å². The standard InChI is InChI=1S/C19H21FN4O3/c20-15-4-1-5-16(11-15)23-19(26)18(25)22-13-17(14-3-2-6-21-12-14)24-7-9-27-10-8-24/h1-6,11-12,17H,7-10,13H2,(H,22,25)(H,23,26). The summed E-state index contributed by atoms with van der Waals surface area (Å²) in [4.78, 5) is 30.6. The van der Waals surface area contributed by atoms with Crippen molar-refractivity contribution in [3.05, 3.63) is 60.2 Å². The number of nitrogens with one attached hydrogen (secondary N) is 2. The lowest BCUT2D eigenvalue weighted by atomic mass is 10.1. The molecule has 2 heterocycles. The van der Waals surface area contributed by atoms with Gasteiger partial charge in [0.2, 0.25) is 0 Å². The summed E-state index contributed by atoms with van der Waals surface area (Å²) in [6.07, 6.45) is 3.43. The minimum atomic E-state index is -0.840. The highest BCUT2D eigenvalue weighted by Gasteiger charge is 2.24. The third-order valence-electron chi connectivity index (χ3n) is 4.30. The van der Waals surface area contributed by atoms with Crippen LogP contribution in [0.2, 0.25) is 0 Å². The van der Waals surface area contributed by atoms with Crippen molar-refractivity contribution < 1.29 is 18.7 Å². The van der Waals surface area contributed by atoms with E-state index in [-0.39, 0.29) is 18.3 Å². The Morgan fingerprint density at radius 1 is 1.19 bits per heavy atom. The van der Waals surface area contributed by atoms with E-state index in [1.807, 2.05) is 12.1 Å². The number of halogens is 1. The summed E-state index contributed by atoms with van der Waals surface area (Å²) in [5.41, 5.74) is 1.18. The van der Waals surface area contributed by atoms with Gasteiger partial charge in [0.1, 0.15) is 5.82 Å². The van der Waals surface area contributed by atoms with Crippen LogP contribution in [0.5, 0.6) is 0 Å². The molecular formula is C19H21FN4O3. The summed E-state index contributed by atoms with van der Waals surface area (Å²) in [7, 11) is 0. The molecule has 1 unspecified atom stereocenters. The Hall–Kier alpha value is -2.84. The first kappa shape index (κ1) is 18.9. The molecule has 1 aromatic carbocycles. The van der Waals surface area contributed by atoms with Crippen molar-refractivity contribution in [2.24, 2.45) is 0 Å². The Morgan fingerprint density at radius 2 is 2.00 bits per heavy atom. The summed E-state index contributed by atoms with van der Waals surface area (Å²) >= 11 is 0. The molecule has 2 amide bonds. The van der Waals surface area contributed by atoms with Gasteiger partial charge >= 0.3 is 11.8 Å². The third-order valence-corrected chi connectivity index (χ3v) is 4.30. The van der Waals surface area contributed by atoms with Crippen LogP contribution in [0.3, 0.4) is 0 Å². The zero-order valence-corrected chi connectivity index (χ0v) is 14.7. The maximum Gasteiger partial charge on any atom is 0.313 e. The summed E-state index contributed by atoms with van der Waals surface area (Å²) in [6.45, 7) is 2.94. The number of morpholine rings is 1. The average molecular weight is 372 g/mol. The summed E-state index contributed by atoms with van der Waals surface area (Å²) in [6, 6.07) is 9.04. The van der Waals surface area contributed by atoms with Crippen LogP contribution in [0, 0.1) is 5.82 Å². The molecule has 7 nitrogen and oxygen atoms in total. The second kappa shape index (κ2) is 9.20. The zero-order valence-electron chi connectivity index (χ0n) is 14.7. The van der Waals surface area contributed by atoms with Gasteiger partial charge in [-0.25, -0.2) is 4.39 Å². The molecule has 1 aliphatic heterocycles. The van der Waals surface area contributed by atoms with Gasteiger partial charge in [-0.15, -0.1) is 0 Å². The largest absolute Gasteiger partial charge is 0.379 e. The van der Waals surface area contributed by atoms with Crippen LogP contribution in [0.25, 0.3) is 0 Å². The number of anilines is 1. The first-order valence-corrected chi connectivity index (χ1v) is 8.70. The molecule has 1 atom stereocenters. The molecule has 1 aromatic heterocycles. The van der Waals surface area contributed by atoms with E-state index >= 15 is 0 Å². The second-order valence-corrected chi connectivity index (χ2v) is 6.12. The number of amides is 2. The predicted octanol–water partition coefficient (Wildman–Crippen LogP) is 1.35. The number of hydrogen-bond donors (Lipinski definition) is 2. The SMILES string of the molecule is O=C(NCC(c1cccnc1)N1CCOCC1)C(=O)Nc1cccc(F)c1. The molecule has 8 heteroatoms. The highest BCUT2D eigenvalue weighted by molar-refractivity contribution is 6.39. The molecule has 27 heavy (non-hydrogen) atoms. The molecule has 0 spiro atoms. The lowest BCUT2D eigenvalue weighted by Crippen LogP contribution is -2.45. The summed E-state index contributed by atoms with van der Waals surface area (Å²) in [5.74, 6) is -2.11. The van der Waals surface area contributed by atoms with Gasteiger partial charge in [-0.1, -0.05) is 12.1 Å². The normalized spacial score (nSPS) is 15.7. The first-order valence-electron chi connectivity index (χ1n) is 8.70. The van der Waals surface area contributed by atoms with Crippen LogP contribution >= 0.6 is 0 Å². The Bertz CT molecular complexity index is 782. The van der Waals surface area contributed by atoms with E-state index in [4.69, 9.17) is 4.74 Å². The fraction of sp³-hybridized carbons (Fsp3) is 0.316. The Kier molecular flexibility index (Phi) is 6.45. The maximum atomic E-state index is 13.2. The topological polar surface area (TPSA) is 83.6 Å². The molecule has 2 aromatic rings. The number of rotatable bonds is 5. The smallest absolute Gasteiger partial charge is 0.313 e. The predicted molar refractivity (Wildman–Crippen MR) is 97.4 cm³/mol. The van der Waals surface area contributed by atoms with Gasteiger partial charge < -0.3 is 15.4 Å². The molecular weight excluding hydrogens is 351 g/mol. The zero-order chi connectivity index (χ0) is 19.1. The van der Waals surface area contributed by atoms with Gasteiger partial charge in [0.25, 0.3) is 0 Å². The number of pyridine rings is 1. The van der Waals surface area contributed by atoms with Crippen LogP contribution in [0.1, 0.15) is 11.6 Å². The maximum absolute atomic E-state index is 13.2. The monoisotopic (exact) mass is 372 g/mol. The van der Waals surface area contributed by atoms with Crippen LogP contribution in [0.15, 0.2) is 48.8 Å². The van der Waals surface area contributed by atoms with Crippen LogP contribution in [0.4, 0.5) is 10.1 Å². The fourth-order valence-corrected chi connectivity index (χ4v) is 2.94. The number of ether oxygens (including phenoxy) is 1. The molecule has 1 saturated heterocycles. The third kappa shape index (κ3) is 5.32. The van der Waals surface area contributed by atoms with Crippen molar-refractivity contribution in [2.45, 2.75) is 6.04 Å². The number of benzene rings is 1. The molecule has 142 valence electrons. The quantitative estimate of drug-likeness (QED) is 0.774. The van der Waals surface area contributed by atoms with Crippen LogP contribution in [-0.4, -0.2) is 54.5 Å². The lowest BCUT2D eigenvalue weighted by molar-refractivity contribution is -0.136. The molecule has 3 rings (SSSR count). The van der Waals surface area contributed by atoms with E-state index in [0.29, 0.717) is 13.2 Å². The van der Waals surface area contributed by atoms with Crippen molar-refractivity contribution in [3.63, 3.8) is 0 Å². The number of nitrogens with zero attached hydrogens (tertiary/aromatic N) is 2. The van der Waals surface area contributed by atoms with Crippen molar-refractivity contribution >= 4 is 17.5 Å². The number of hydrogen-bond acceptors (Lipinski definition) is 5. The van der Waals surface area contributed by atoms with E-state index in [2.05, 4.69) is 20.5 Å². The Labute approximate surface area is 156 Å². The van der Waals surface area contributed by atoms with Crippen molar-refractivity contribution in [3.8, 4) is 0 Å². The summed E-state index contributed by atoms with van der Waals surface area (Å²) in [5, 5.41) is 5.05. The Balaban J connectivity index is 1.62. The van der Waals surface area contributed by atoms with E-state index in [1.165, 1.54) is 18.2 Å². The number of carbonyl (C=O) groups is 2. The van der Waals surface area contributed by atoms with Gasteiger partial charge in [-0.2, -0.15) is 0 Å². The van der Waals surface area contributed by atoms with Gasteiger partial charge in [-0.05, 0) is 29.8 Å². The van der Waals surface area contributed by atoms with Gasteiger partial charge in [0, 0.05) is 37.7 Å².